The number of rotatable bonds is 3. The zero-order valence-electron chi connectivity index (χ0n) is 28.4. The van der Waals surface area contributed by atoms with Crippen molar-refractivity contribution < 1.29 is 0 Å². The van der Waals surface area contributed by atoms with Crippen LogP contribution in [0.25, 0.3) is 108 Å². The fourth-order valence-corrected chi connectivity index (χ4v) is 9.81. The Kier molecular flexibility index (Phi) is 5.90. The Balaban J connectivity index is 1.07. The van der Waals surface area contributed by atoms with Crippen LogP contribution in [0.3, 0.4) is 0 Å². The van der Waals surface area contributed by atoms with Crippen LogP contribution in [0.1, 0.15) is 0 Å². The molecular formula is C48H28N4S. The standard InChI is InChI=1S/C48H28N4S/c1-2-12-31(13-3-1)51-40-20-10-8-16-34(40)38-26-29(22-24-42(38)51)30-23-25-43-39(27-30)35-17-9-11-21-41(35)52(43)44-28-49-48-46(50-44)45-36-18-6-4-14-32(36)33-15-5-7-19-37(33)47(45)53-48/h1-28H. The molecule has 0 fully saturated rings. The molecule has 4 aromatic heterocycles. The lowest BCUT2D eigenvalue weighted by Gasteiger charge is -2.09. The Hall–Kier alpha value is -6.82. The van der Waals surface area contributed by atoms with E-state index in [4.69, 9.17) is 9.97 Å². The molecule has 0 unspecified atom stereocenters. The van der Waals surface area contributed by atoms with Gasteiger partial charge in [-0.15, -0.1) is 11.3 Å². The predicted octanol–water partition coefficient (Wildman–Crippen LogP) is 13.0. The first-order valence-electron chi connectivity index (χ1n) is 17.9. The van der Waals surface area contributed by atoms with Gasteiger partial charge in [-0.05, 0) is 75.8 Å². The molecule has 12 aromatic rings. The van der Waals surface area contributed by atoms with Crippen LogP contribution in [0.4, 0.5) is 0 Å². The second-order valence-corrected chi connectivity index (χ2v) is 14.8. The van der Waals surface area contributed by atoms with Crippen LogP contribution in [-0.4, -0.2) is 19.1 Å². The molecule has 0 spiro atoms. The fourth-order valence-electron chi connectivity index (χ4n) is 8.67. The minimum atomic E-state index is 0.823. The largest absolute Gasteiger partial charge is 0.309 e. The van der Waals surface area contributed by atoms with Gasteiger partial charge in [-0.25, -0.2) is 9.97 Å². The zero-order valence-corrected chi connectivity index (χ0v) is 29.2. The summed E-state index contributed by atoms with van der Waals surface area (Å²) < 4.78 is 5.89. The van der Waals surface area contributed by atoms with Crippen molar-refractivity contribution in [1.82, 2.24) is 19.1 Å². The Morgan fingerprint density at radius 1 is 0.415 bits per heavy atom. The quantitative estimate of drug-likeness (QED) is 0.173. The second-order valence-electron chi connectivity index (χ2n) is 13.8. The molecule has 0 N–H and O–H groups in total. The summed E-state index contributed by atoms with van der Waals surface area (Å²) in [5.41, 5.74) is 9.13. The third-order valence-electron chi connectivity index (χ3n) is 11.0. The maximum absolute atomic E-state index is 5.44. The monoisotopic (exact) mass is 692 g/mol. The third kappa shape index (κ3) is 4.05. The predicted molar refractivity (Wildman–Crippen MR) is 224 cm³/mol. The molecule has 0 aliphatic rings. The van der Waals surface area contributed by atoms with Gasteiger partial charge in [0.2, 0.25) is 0 Å². The molecule has 0 radical (unpaired) electrons. The van der Waals surface area contributed by atoms with Crippen LogP contribution in [0, 0.1) is 0 Å². The molecule has 0 aliphatic heterocycles. The lowest BCUT2D eigenvalue weighted by Crippen LogP contribution is -1.98. The van der Waals surface area contributed by atoms with E-state index in [-0.39, 0.29) is 0 Å². The van der Waals surface area contributed by atoms with Gasteiger partial charge in [0.05, 0.1) is 28.3 Å². The summed E-state index contributed by atoms with van der Waals surface area (Å²) in [7, 11) is 0. The van der Waals surface area contributed by atoms with Crippen molar-refractivity contribution in [2.75, 3.05) is 0 Å². The third-order valence-corrected chi connectivity index (χ3v) is 12.1. The Morgan fingerprint density at radius 2 is 0.925 bits per heavy atom. The summed E-state index contributed by atoms with van der Waals surface area (Å²) in [5.74, 6) is 0.823. The number of benzene rings is 8. The molecule has 4 heterocycles. The average Bonchev–Trinajstić information content (AvgIpc) is 3.89. The van der Waals surface area contributed by atoms with Gasteiger partial charge in [0, 0.05) is 42.7 Å². The van der Waals surface area contributed by atoms with Crippen molar-refractivity contribution in [3.8, 4) is 22.6 Å². The van der Waals surface area contributed by atoms with E-state index in [2.05, 4.69) is 173 Å². The molecule has 246 valence electrons. The van der Waals surface area contributed by atoms with E-state index in [1.54, 1.807) is 11.3 Å². The van der Waals surface area contributed by atoms with Crippen molar-refractivity contribution in [2.24, 2.45) is 0 Å². The molecule has 0 bridgehead atoms. The molecule has 8 aromatic carbocycles. The van der Waals surface area contributed by atoms with Gasteiger partial charge < -0.3 is 4.57 Å². The minimum absolute atomic E-state index is 0.823. The number of hydrogen-bond acceptors (Lipinski definition) is 3. The lowest BCUT2D eigenvalue weighted by molar-refractivity contribution is 1.08. The summed E-state index contributed by atoms with van der Waals surface area (Å²) >= 11 is 1.74. The van der Waals surface area contributed by atoms with Crippen LogP contribution < -0.4 is 0 Å². The molecule has 53 heavy (non-hydrogen) atoms. The van der Waals surface area contributed by atoms with Gasteiger partial charge >= 0.3 is 0 Å². The van der Waals surface area contributed by atoms with Crippen molar-refractivity contribution in [1.29, 1.82) is 0 Å². The smallest absolute Gasteiger partial charge is 0.157 e. The van der Waals surface area contributed by atoms with Crippen LogP contribution >= 0.6 is 11.3 Å². The van der Waals surface area contributed by atoms with Crippen molar-refractivity contribution >= 4 is 96.9 Å². The zero-order chi connectivity index (χ0) is 34.6. The number of thiophene rings is 1. The number of fused-ring (bicyclic) bond motifs is 14. The van der Waals surface area contributed by atoms with E-state index in [9.17, 15) is 0 Å². The van der Waals surface area contributed by atoms with Crippen molar-refractivity contribution in [2.45, 2.75) is 0 Å². The maximum Gasteiger partial charge on any atom is 0.157 e. The number of hydrogen-bond donors (Lipinski definition) is 0. The molecule has 0 saturated heterocycles. The molecule has 4 nitrogen and oxygen atoms in total. The van der Waals surface area contributed by atoms with Gasteiger partial charge in [0.25, 0.3) is 0 Å². The van der Waals surface area contributed by atoms with Crippen molar-refractivity contribution in [3.05, 3.63) is 170 Å². The summed E-state index contributed by atoms with van der Waals surface area (Å²) in [6, 6.07) is 59.1. The van der Waals surface area contributed by atoms with Gasteiger partial charge in [0.1, 0.15) is 10.3 Å². The highest BCUT2D eigenvalue weighted by Gasteiger charge is 2.20. The summed E-state index contributed by atoms with van der Waals surface area (Å²) in [6.45, 7) is 0. The van der Waals surface area contributed by atoms with E-state index < -0.39 is 0 Å². The Labute approximate surface area is 307 Å². The summed E-state index contributed by atoms with van der Waals surface area (Å²) in [4.78, 5) is 11.5. The van der Waals surface area contributed by atoms with Gasteiger partial charge in [0.15, 0.2) is 5.82 Å². The Morgan fingerprint density at radius 3 is 1.60 bits per heavy atom. The van der Waals surface area contributed by atoms with Gasteiger partial charge in [-0.2, -0.15) is 0 Å². The van der Waals surface area contributed by atoms with E-state index in [1.165, 1.54) is 81.0 Å². The number of aromatic nitrogens is 4. The highest BCUT2D eigenvalue weighted by atomic mass is 32.1. The van der Waals surface area contributed by atoms with Crippen LogP contribution in [0.5, 0.6) is 0 Å². The lowest BCUT2D eigenvalue weighted by atomic mass is 9.98. The van der Waals surface area contributed by atoms with E-state index >= 15 is 0 Å². The highest BCUT2D eigenvalue weighted by Crippen LogP contribution is 2.44. The van der Waals surface area contributed by atoms with E-state index in [0.717, 1.165) is 27.2 Å². The normalized spacial score (nSPS) is 12.2. The molecule has 12 rings (SSSR count). The van der Waals surface area contributed by atoms with Crippen LogP contribution in [-0.2, 0) is 0 Å². The van der Waals surface area contributed by atoms with Gasteiger partial charge in [-0.1, -0.05) is 115 Å². The average molecular weight is 693 g/mol. The molecule has 0 atom stereocenters. The van der Waals surface area contributed by atoms with Crippen molar-refractivity contribution in [3.63, 3.8) is 0 Å². The SMILES string of the molecule is c1ccc(-n2c3ccccc3c3cc(-c4ccc5c(c4)c4ccccc4n5-c4cnc5sc6c7ccccc7c7ccccc7c6c5n4)ccc32)cc1. The first kappa shape index (κ1) is 28.8. The molecule has 0 amide bonds. The summed E-state index contributed by atoms with van der Waals surface area (Å²) in [5, 5.41) is 11.0. The van der Waals surface area contributed by atoms with Gasteiger partial charge in [-0.3, -0.25) is 4.57 Å². The molecular weight excluding hydrogens is 665 g/mol. The molecule has 0 aliphatic carbocycles. The molecule has 0 saturated carbocycles. The number of nitrogens with zero attached hydrogens (tertiary/aromatic N) is 4. The second kappa shape index (κ2) is 10.8. The fraction of sp³-hybridized carbons (Fsp3) is 0. The summed E-state index contributed by atoms with van der Waals surface area (Å²) in [6.07, 6.45) is 1.94. The first-order chi connectivity index (χ1) is 26.3. The van der Waals surface area contributed by atoms with E-state index in [0.29, 0.717) is 0 Å². The highest BCUT2D eigenvalue weighted by molar-refractivity contribution is 7.26. The topological polar surface area (TPSA) is 35.6 Å². The first-order valence-corrected chi connectivity index (χ1v) is 18.7. The van der Waals surface area contributed by atoms with E-state index in [1.807, 2.05) is 6.20 Å². The van der Waals surface area contributed by atoms with Crippen LogP contribution in [0.2, 0.25) is 0 Å². The molecule has 5 heteroatoms. The maximum atomic E-state index is 5.44. The minimum Gasteiger partial charge on any atom is -0.309 e. The Bertz CT molecular complexity index is 3460. The van der Waals surface area contributed by atoms with Crippen LogP contribution in [0.15, 0.2) is 170 Å². The number of para-hydroxylation sites is 3.